The van der Waals surface area contributed by atoms with Crippen molar-refractivity contribution in [3.05, 3.63) is 222 Å². The average molecular weight is 739 g/mol. The molecule has 0 amide bonds. The van der Waals surface area contributed by atoms with Crippen LogP contribution in [-0.2, 0) is 24.2 Å². The third kappa shape index (κ3) is 9.33. The molecule has 7 aromatic carbocycles. The van der Waals surface area contributed by atoms with Gasteiger partial charge in [0.25, 0.3) is 0 Å². The number of rotatable bonds is 6. The van der Waals surface area contributed by atoms with Crippen LogP contribution in [0.2, 0.25) is 0 Å². The van der Waals surface area contributed by atoms with Crippen molar-refractivity contribution in [3.63, 3.8) is 0 Å². The molecule has 0 N–H and O–H groups in total. The molecule has 0 spiro atoms. The fraction of sp³-hybridized carbons (Fsp3) is 0.0667. The second-order valence-electron chi connectivity index (χ2n) is 11.3. The van der Waals surface area contributed by atoms with Crippen molar-refractivity contribution in [2.24, 2.45) is 0 Å². The summed E-state index contributed by atoms with van der Waals surface area (Å²) in [4.78, 5) is 0. The Kier molecular flexibility index (Phi) is 14.7. The number of hydrogen-bond donors (Lipinski definition) is 0. The first-order valence-corrected chi connectivity index (χ1v) is 17.1. The van der Waals surface area contributed by atoms with Crippen molar-refractivity contribution in [1.29, 1.82) is 0 Å². The van der Waals surface area contributed by atoms with Crippen LogP contribution >= 0.6 is 0 Å². The van der Waals surface area contributed by atoms with E-state index in [9.17, 15) is 0 Å². The van der Waals surface area contributed by atoms with Crippen LogP contribution < -0.4 is 24.8 Å². The van der Waals surface area contributed by atoms with Crippen LogP contribution in [0.15, 0.2) is 194 Å². The zero-order chi connectivity index (χ0) is 31.4. The van der Waals surface area contributed by atoms with E-state index in [-0.39, 0.29) is 36.6 Å². The number of allylic oxidation sites excluding steroid dienone is 4. The van der Waals surface area contributed by atoms with Crippen molar-refractivity contribution >= 4 is 24.8 Å². The number of fused-ring (bicyclic) bond motifs is 3. The van der Waals surface area contributed by atoms with E-state index in [0.29, 0.717) is 0 Å². The zero-order valence-corrected chi connectivity index (χ0v) is 30.6. The molecule has 0 radical (unpaired) electrons. The fourth-order valence-electron chi connectivity index (χ4n) is 6.10. The van der Waals surface area contributed by atoms with E-state index in [4.69, 9.17) is 0 Å². The summed E-state index contributed by atoms with van der Waals surface area (Å²) in [5.74, 6) is 0.567. The topological polar surface area (TPSA) is 0 Å². The molecule has 1 aliphatic rings. The van der Waals surface area contributed by atoms with E-state index in [0.717, 1.165) is 6.42 Å². The molecule has 0 atom stereocenters. The predicted octanol–water partition coefficient (Wildman–Crippen LogP) is 5.40. The van der Waals surface area contributed by atoms with Crippen LogP contribution in [0.3, 0.4) is 0 Å². The van der Waals surface area contributed by atoms with Crippen LogP contribution in [0, 0.1) is 6.08 Å². The summed E-state index contributed by atoms with van der Waals surface area (Å²) in [5.41, 5.74) is 5.43. The van der Waals surface area contributed by atoms with Crippen molar-refractivity contribution in [2.45, 2.75) is 18.3 Å². The third-order valence-corrected chi connectivity index (χ3v) is 9.68. The van der Waals surface area contributed by atoms with Crippen molar-refractivity contribution < 1.29 is 49.0 Å². The molecule has 0 unspecified atom stereocenters. The summed E-state index contributed by atoms with van der Waals surface area (Å²) in [6.07, 6.45) is 10.0. The van der Waals surface area contributed by atoms with Gasteiger partial charge in [-0.15, -0.1) is 46.2 Å². The van der Waals surface area contributed by atoms with Gasteiger partial charge in [-0.2, -0.15) is 6.08 Å². The maximum Gasteiger partial charge on any atom is -0.0771 e. The third-order valence-electron chi connectivity index (χ3n) is 8.26. The van der Waals surface area contributed by atoms with E-state index in [1.807, 2.05) is 12.2 Å². The summed E-state index contributed by atoms with van der Waals surface area (Å²) in [5, 5.41) is 5.39. The largest absolute Gasteiger partial charge is 0.126 e. The molecule has 0 fully saturated rings. The van der Waals surface area contributed by atoms with Crippen LogP contribution in [0.5, 0.6) is 0 Å². The Hall–Kier alpha value is -4.00. The molecule has 236 valence electrons. The molecular formula is C45H36Cl2Zr-2. The second kappa shape index (κ2) is 19.1. The first-order valence-electron chi connectivity index (χ1n) is 15.8. The first-order chi connectivity index (χ1) is 22.8. The molecule has 0 heterocycles. The SMILES string of the molecule is [C-]1=CC=CC1.[Cl-].[Cl-].[Zr+2]=[C](C(c1ccccc1)c1ccccc1)C(c1ccccc1)c1ccccc1.c1ccc2c(c1)[cH-]c1ccccc12. The van der Waals surface area contributed by atoms with Crippen molar-refractivity contribution in [1.82, 2.24) is 0 Å². The molecule has 0 bridgehead atoms. The minimum atomic E-state index is 0. The smallest absolute Gasteiger partial charge is 0.0771 e. The zero-order valence-electron chi connectivity index (χ0n) is 26.6. The average Bonchev–Trinajstić information content (AvgIpc) is 3.83. The van der Waals surface area contributed by atoms with Crippen molar-refractivity contribution in [3.8, 4) is 0 Å². The number of benzene rings is 6. The minimum Gasteiger partial charge on any atom is -0.126 e. The Morgan fingerprint density at radius 1 is 0.479 bits per heavy atom. The van der Waals surface area contributed by atoms with Gasteiger partial charge in [-0.1, -0.05) is 36.4 Å². The molecule has 7 aromatic rings. The van der Waals surface area contributed by atoms with Crippen LogP contribution in [-0.4, -0.2) is 3.21 Å². The molecule has 0 saturated heterocycles. The molecule has 1 aliphatic carbocycles. The van der Waals surface area contributed by atoms with Gasteiger partial charge in [-0.25, -0.2) is 12.2 Å². The summed E-state index contributed by atoms with van der Waals surface area (Å²) in [7, 11) is 0. The summed E-state index contributed by atoms with van der Waals surface area (Å²) >= 11 is 1.47. The monoisotopic (exact) mass is 736 g/mol. The van der Waals surface area contributed by atoms with E-state index in [2.05, 4.69) is 188 Å². The van der Waals surface area contributed by atoms with Crippen molar-refractivity contribution in [2.75, 3.05) is 0 Å². The minimum absolute atomic E-state index is 0. The molecule has 0 aromatic heterocycles. The normalized spacial score (nSPS) is 11.2. The van der Waals surface area contributed by atoms with Gasteiger partial charge in [0.2, 0.25) is 0 Å². The number of hydrogen-bond acceptors (Lipinski definition) is 0. The van der Waals surface area contributed by atoms with Gasteiger partial charge in [0.1, 0.15) is 0 Å². The molecule has 3 heteroatoms. The van der Waals surface area contributed by atoms with Gasteiger partial charge in [0, 0.05) is 0 Å². The Morgan fingerprint density at radius 3 is 1.10 bits per heavy atom. The quantitative estimate of drug-likeness (QED) is 0.201. The van der Waals surface area contributed by atoms with E-state index in [1.54, 1.807) is 0 Å². The fourth-order valence-corrected chi connectivity index (χ4v) is 7.73. The van der Waals surface area contributed by atoms with E-state index < -0.39 is 0 Å². The second-order valence-corrected chi connectivity index (χ2v) is 12.7. The Balaban J connectivity index is 0.000000214. The molecule has 0 aliphatic heterocycles. The van der Waals surface area contributed by atoms with Gasteiger partial charge in [0.05, 0.1) is 0 Å². The summed E-state index contributed by atoms with van der Waals surface area (Å²) in [6, 6.07) is 62.9. The molecule has 0 nitrogen and oxygen atoms in total. The van der Waals surface area contributed by atoms with Gasteiger partial charge < -0.3 is 24.8 Å². The predicted molar refractivity (Wildman–Crippen MR) is 193 cm³/mol. The molecule has 0 saturated carbocycles. The van der Waals surface area contributed by atoms with Gasteiger partial charge >= 0.3 is 183 Å². The van der Waals surface area contributed by atoms with Gasteiger partial charge in [-0.3, -0.25) is 6.08 Å². The van der Waals surface area contributed by atoms with Crippen LogP contribution in [0.4, 0.5) is 0 Å². The number of halogens is 2. The first kappa shape index (κ1) is 36.8. The summed E-state index contributed by atoms with van der Waals surface area (Å²) < 4.78 is 1.53. The Morgan fingerprint density at radius 2 is 0.812 bits per heavy atom. The van der Waals surface area contributed by atoms with Gasteiger partial charge in [-0.05, 0) is 0 Å². The Labute approximate surface area is 312 Å². The van der Waals surface area contributed by atoms with Crippen LogP contribution in [0.1, 0.15) is 40.5 Å². The van der Waals surface area contributed by atoms with Gasteiger partial charge in [0.15, 0.2) is 0 Å². The molecular weight excluding hydrogens is 703 g/mol. The standard InChI is InChI=1S/C27H22.C13H9.C5H5.2ClH.Zr/c1-5-13-22(14-6-1)26(23-15-7-2-8-16-23)21-27(24-17-9-3-10-18-24)25-19-11-4-12-20-25;1-3-7-12-10(5-1)9-11-6-2-4-8-13(11)12;1-2-4-5-3-1;;;/h1-20,26-27H;1-9H;1-3H,4H2;2*1H;/q;2*-1;;;+2/p-2. The van der Waals surface area contributed by atoms with Crippen LogP contribution in [0.25, 0.3) is 21.5 Å². The van der Waals surface area contributed by atoms with E-state index >= 15 is 0 Å². The molecule has 8 rings (SSSR count). The maximum atomic E-state index is 2.99. The maximum absolute atomic E-state index is 2.99. The van der Waals surface area contributed by atoms with E-state index in [1.165, 1.54) is 71.2 Å². The Bertz CT molecular complexity index is 1800. The molecule has 48 heavy (non-hydrogen) atoms. The summed E-state index contributed by atoms with van der Waals surface area (Å²) in [6.45, 7) is 0.